The van der Waals surface area contributed by atoms with Crippen molar-refractivity contribution in [3.05, 3.63) is 0 Å². The summed E-state index contributed by atoms with van der Waals surface area (Å²) < 4.78 is 0. The summed E-state index contributed by atoms with van der Waals surface area (Å²) in [5.74, 6) is 0. The van der Waals surface area contributed by atoms with Crippen LogP contribution in [0, 0.1) is 0 Å². The Kier molecular flexibility index (Phi) is 3.26. The zero-order chi connectivity index (χ0) is 8.20. The number of hydrogen-bond donors (Lipinski definition) is 0. The van der Waals surface area contributed by atoms with E-state index in [0.717, 1.165) is 5.71 Å². The Balaban J connectivity index is 3.90. The third-order valence-electron chi connectivity index (χ3n) is 0.761. The molecule has 0 aliphatic rings. The molecule has 0 saturated heterocycles. The molecule has 0 amide bonds. The topological polar surface area (TPSA) is 24.7 Å². The summed E-state index contributed by atoms with van der Waals surface area (Å²) >= 11 is 0. The van der Waals surface area contributed by atoms with Crippen LogP contribution in [0.5, 0.6) is 0 Å². The lowest BCUT2D eigenvalue weighted by Crippen LogP contribution is -2.09. The van der Waals surface area contributed by atoms with Gasteiger partial charge in [0.25, 0.3) is 0 Å². The van der Waals surface area contributed by atoms with Gasteiger partial charge in [0.15, 0.2) is 0 Å². The highest BCUT2D eigenvalue weighted by molar-refractivity contribution is 5.86. The van der Waals surface area contributed by atoms with E-state index in [1.54, 1.807) is 6.34 Å². The van der Waals surface area contributed by atoms with Crippen LogP contribution in [0.25, 0.3) is 0 Å². The molecule has 0 aliphatic heterocycles. The van der Waals surface area contributed by atoms with Gasteiger partial charge in [-0.3, -0.25) is 4.99 Å². The average Bonchev–Trinajstić information content (AvgIpc) is 1.59. The van der Waals surface area contributed by atoms with Crippen molar-refractivity contribution in [1.29, 1.82) is 0 Å². The molecule has 0 bridgehead atoms. The van der Waals surface area contributed by atoms with Gasteiger partial charge in [-0.15, -0.1) is 0 Å². The second-order valence-corrected chi connectivity index (χ2v) is 3.49. The third kappa shape index (κ3) is 7.34. The Bertz CT molecular complexity index is 145. The number of aliphatic imine (C=N–C) groups is 2. The van der Waals surface area contributed by atoms with Gasteiger partial charge in [-0.05, 0) is 34.6 Å². The van der Waals surface area contributed by atoms with E-state index >= 15 is 0 Å². The molecule has 0 rings (SSSR count). The summed E-state index contributed by atoms with van der Waals surface area (Å²) in [6.45, 7) is 10.0. The van der Waals surface area contributed by atoms with Crippen LogP contribution in [-0.2, 0) is 0 Å². The molecule has 2 heteroatoms. The molecule has 0 spiro atoms. The fourth-order valence-corrected chi connectivity index (χ4v) is 0.318. The predicted octanol–water partition coefficient (Wildman–Crippen LogP) is 2.29. The lowest BCUT2D eigenvalue weighted by molar-refractivity contribution is 0.586. The molecule has 10 heavy (non-hydrogen) atoms. The van der Waals surface area contributed by atoms with Crippen molar-refractivity contribution in [3.63, 3.8) is 0 Å². The summed E-state index contributed by atoms with van der Waals surface area (Å²) in [6, 6.07) is 0. The fraction of sp³-hybridized carbons (Fsp3) is 0.750. The largest absolute Gasteiger partial charge is 0.268 e. The van der Waals surface area contributed by atoms with Crippen molar-refractivity contribution in [3.8, 4) is 0 Å². The van der Waals surface area contributed by atoms with Crippen LogP contribution < -0.4 is 0 Å². The first-order valence-corrected chi connectivity index (χ1v) is 3.46. The van der Waals surface area contributed by atoms with Crippen LogP contribution in [-0.4, -0.2) is 17.6 Å². The molecule has 58 valence electrons. The number of hydrogen-bond acceptors (Lipinski definition) is 1. The maximum atomic E-state index is 4.18. The van der Waals surface area contributed by atoms with Crippen LogP contribution in [0.4, 0.5) is 0 Å². The zero-order valence-corrected chi connectivity index (χ0v) is 7.47. The highest BCUT2D eigenvalue weighted by atomic mass is 14.9. The van der Waals surface area contributed by atoms with Gasteiger partial charge >= 0.3 is 0 Å². The molecule has 0 aliphatic carbocycles. The van der Waals surface area contributed by atoms with E-state index in [9.17, 15) is 0 Å². The van der Waals surface area contributed by atoms with E-state index in [1.165, 1.54) is 0 Å². The molecule has 0 aromatic rings. The van der Waals surface area contributed by atoms with Gasteiger partial charge in [-0.25, -0.2) is 4.99 Å². The lowest BCUT2D eigenvalue weighted by atomic mass is 10.1. The third-order valence-corrected chi connectivity index (χ3v) is 0.761. The summed E-state index contributed by atoms with van der Waals surface area (Å²) in [5, 5.41) is 0. The molecule has 0 fully saturated rings. The Hall–Kier alpha value is -0.660. The van der Waals surface area contributed by atoms with Gasteiger partial charge in [0, 0.05) is 5.71 Å². The summed E-state index contributed by atoms with van der Waals surface area (Å²) in [4.78, 5) is 8.22. The average molecular weight is 140 g/mol. The minimum atomic E-state index is -0.00104. The Labute approximate surface area is 63.1 Å². The first-order chi connectivity index (χ1) is 4.42. The quantitative estimate of drug-likeness (QED) is 0.394. The maximum Gasteiger partial charge on any atom is 0.110 e. The molecular formula is C8H16N2. The van der Waals surface area contributed by atoms with E-state index < -0.39 is 0 Å². The monoisotopic (exact) mass is 140 g/mol. The Morgan fingerprint density at radius 1 is 1.20 bits per heavy atom. The normalized spacial score (nSPS) is 12.1. The van der Waals surface area contributed by atoms with Gasteiger partial charge in [0.2, 0.25) is 0 Å². The van der Waals surface area contributed by atoms with E-state index in [0.29, 0.717) is 0 Å². The maximum absolute atomic E-state index is 4.18. The molecule has 0 unspecified atom stereocenters. The summed E-state index contributed by atoms with van der Waals surface area (Å²) in [5.41, 5.74) is 1.03. The van der Waals surface area contributed by atoms with Crippen molar-refractivity contribution in [2.24, 2.45) is 9.98 Å². The molecular weight excluding hydrogens is 124 g/mol. The van der Waals surface area contributed by atoms with E-state index in [1.807, 2.05) is 34.6 Å². The zero-order valence-electron chi connectivity index (χ0n) is 7.47. The van der Waals surface area contributed by atoms with Crippen molar-refractivity contribution >= 4 is 12.1 Å². The minimum Gasteiger partial charge on any atom is -0.268 e. The standard InChI is InChI=1S/C8H16N2/c1-7(2)9-6-10-8(3,4)5/h6H,1-5H3. The van der Waals surface area contributed by atoms with Gasteiger partial charge in [-0.1, -0.05) is 0 Å². The molecule has 0 heterocycles. The first kappa shape index (κ1) is 9.34. The minimum absolute atomic E-state index is 0.00104. The van der Waals surface area contributed by atoms with Crippen molar-refractivity contribution in [1.82, 2.24) is 0 Å². The van der Waals surface area contributed by atoms with Crippen LogP contribution in [0.2, 0.25) is 0 Å². The Morgan fingerprint density at radius 3 is 2.00 bits per heavy atom. The molecule has 0 N–H and O–H groups in total. The lowest BCUT2D eigenvalue weighted by Gasteiger charge is -2.09. The van der Waals surface area contributed by atoms with Crippen molar-refractivity contribution < 1.29 is 0 Å². The number of rotatable bonds is 1. The first-order valence-electron chi connectivity index (χ1n) is 3.46. The second kappa shape index (κ2) is 3.49. The van der Waals surface area contributed by atoms with Crippen LogP contribution >= 0.6 is 0 Å². The number of nitrogens with zero attached hydrogens (tertiary/aromatic N) is 2. The fourth-order valence-electron chi connectivity index (χ4n) is 0.318. The van der Waals surface area contributed by atoms with Gasteiger partial charge in [0.05, 0.1) is 5.54 Å². The SMILES string of the molecule is CC(C)=NC=NC(C)(C)C. The van der Waals surface area contributed by atoms with Crippen LogP contribution in [0.15, 0.2) is 9.98 Å². The Morgan fingerprint density at radius 2 is 1.70 bits per heavy atom. The molecule has 0 aromatic carbocycles. The smallest absolute Gasteiger partial charge is 0.110 e. The second-order valence-electron chi connectivity index (χ2n) is 3.49. The predicted molar refractivity (Wildman–Crippen MR) is 47.0 cm³/mol. The van der Waals surface area contributed by atoms with Gasteiger partial charge < -0.3 is 0 Å². The van der Waals surface area contributed by atoms with Crippen LogP contribution in [0.3, 0.4) is 0 Å². The molecule has 2 nitrogen and oxygen atoms in total. The van der Waals surface area contributed by atoms with Gasteiger partial charge in [0.1, 0.15) is 6.34 Å². The van der Waals surface area contributed by atoms with Gasteiger partial charge in [-0.2, -0.15) is 0 Å². The highest BCUT2D eigenvalue weighted by Crippen LogP contribution is 2.04. The van der Waals surface area contributed by atoms with E-state index in [4.69, 9.17) is 0 Å². The van der Waals surface area contributed by atoms with E-state index in [2.05, 4.69) is 9.98 Å². The van der Waals surface area contributed by atoms with Crippen molar-refractivity contribution in [2.45, 2.75) is 40.2 Å². The molecule has 0 saturated carbocycles. The molecule has 0 atom stereocenters. The highest BCUT2D eigenvalue weighted by Gasteiger charge is 2.03. The van der Waals surface area contributed by atoms with Crippen molar-refractivity contribution in [2.75, 3.05) is 0 Å². The molecule has 0 radical (unpaired) electrons. The summed E-state index contributed by atoms with van der Waals surface area (Å²) in [7, 11) is 0. The summed E-state index contributed by atoms with van der Waals surface area (Å²) in [6.07, 6.45) is 1.62. The van der Waals surface area contributed by atoms with E-state index in [-0.39, 0.29) is 5.54 Å². The molecule has 0 aromatic heterocycles. The van der Waals surface area contributed by atoms with Crippen LogP contribution in [0.1, 0.15) is 34.6 Å².